The number of halogens is 5. The minimum atomic E-state index is -4.76. The minimum absolute atomic E-state index is 0.0426. The summed E-state index contributed by atoms with van der Waals surface area (Å²) in [5.41, 5.74) is -1.23. The molecule has 1 aromatic carbocycles. The molecular formula is C26H29Cl2F3N4O4. The molecule has 2 saturated heterocycles. The molecule has 39 heavy (non-hydrogen) atoms. The van der Waals surface area contributed by atoms with E-state index in [0.29, 0.717) is 34.5 Å². The second kappa shape index (κ2) is 11.4. The second-order valence-corrected chi connectivity index (χ2v) is 11.1. The Hall–Kier alpha value is -2.76. The molecule has 2 aliphatic rings. The van der Waals surface area contributed by atoms with Crippen LogP contribution in [0, 0.1) is 0 Å². The standard InChI is InChI=1S/C26H29Cl2F3N4O4/c1-25(2,39-20-7-4-15(27)9-19(20)28)24(38)33-16-10-17-5-6-18(11-16)35(17)22-8-3-14(12-32-22)23(37)34-21(13-36)26(29,30)31/h3-4,7-9,12,16-18,21,36H,5-6,10-11,13H2,1-2H3,(H,33,38)(H,34,37). The number of aliphatic hydroxyl groups is 1. The third kappa shape index (κ3) is 6.70. The molecule has 4 rings (SSSR count). The van der Waals surface area contributed by atoms with E-state index in [1.807, 2.05) is 0 Å². The smallest absolute Gasteiger partial charge is 0.410 e. The number of aromatic nitrogens is 1. The molecule has 1 aromatic heterocycles. The van der Waals surface area contributed by atoms with Crippen LogP contribution in [-0.2, 0) is 4.79 Å². The van der Waals surface area contributed by atoms with Gasteiger partial charge in [-0.25, -0.2) is 4.98 Å². The first kappa shape index (κ1) is 29.2. The van der Waals surface area contributed by atoms with Gasteiger partial charge in [0.25, 0.3) is 11.8 Å². The normalized spacial score (nSPS) is 21.8. The van der Waals surface area contributed by atoms with E-state index in [4.69, 9.17) is 33.0 Å². The van der Waals surface area contributed by atoms with Gasteiger partial charge in [0.1, 0.15) is 17.6 Å². The highest BCUT2D eigenvalue weighted by Gasteiger charge is 2.44. The Morgan fingerprint density at radius 1 is 1.15 bits per heavy atom. The summed E-state index contributed by atoms with van der Waals surface area (Å²) in [5, 5.41) is 14.6. The zero-order valence-corrected chi connectivity index (χ0v) is 22.8. The third-order valence-electron chi connectivity index (χ3n) is 7.03. The SMILES string of the molecule is CC(C)(Oc1ccc(Cl)cc1Cl)C(=O)NC1CC2CCC(C1)N2c1ccc(C(=O)NC(CO)C(F)(F)F)cn1. The van der Waals surface area contributed by atoms with Gasteiger partial charge in [-0.3, -0.25) is 9.59 Å². The fourth-order valence-electron chi connectivity index (χ4n) is 5.05. The van der Waals surface area contributed by atoms with Crippen molar-refractivity contribution in [3.63, 3.8) is 0 Å². The van der Waals surface area contributed by atoms with Gasteiger partial charge in [0.15, 0.2) is 5.60 Å². The Balaban J connectivity index is 1.36. The van der Waals surface area contributed by atoms with E-state index >= 15 is 0 Å². The number of anilines is 1. The molecular weight excluding hydrogens is 560 g/mol. The number of rotatable bonds is 8. The van der Waals surface area contributed by atoms with Crippen molar-refractivity contribution in [1.29, 1.82) is 0 Å². The Labute approximate surface area is 233 Å². The second-order valence-electron chi connectivity index (χ2n) is 10.3. The fraction of sp³-hybridized carbons (Fsp3) is 0.500. The number of fused-ring (bicyclic) bond motifs is 2. The van der Waals surface area contributed by atoms with E-state index in [1.165, 1.54) is 12.3 Å². The Kier molecular flexibility index (Phi) is 8.53. The topological polar surface area (TPSA) is 104 Å². The predicted octanol–water partition coefficient (Wildman–Crippen LogP) is 4.52. The Morgan fingerprint density at radius 3 is 2.36 bits per heavy atom. The number of benzene rings is 1. The molecule has 2 amide bonds. The summed E-state index contributed by atoms with van der Waals surface area (Å²) in [4.78, 5) is 31.8. The molecule has 2 aromatic rings. The van der Waals surface area contributed by atoms with Crippen LogP contribution in [0.4, 0.5) is 19.0 Å². The van der Waals surface area contributed by atoms with Crippen LogP contribution >= 0.6 is 23.2 Å². The number of carbonyl (C=O) groups is 2. The summed E-state index contributed by atoms with van der Waals surface area (Å²) in [6.45, 7) is 2.07. The molecule has 3 atom stereocenters. The van der Waals surface area contributed by atoms with Crippen LogP contribution < -0.4 is 20.3 Å². The molecule has 3 unspecified atom stereocenters. The lowest BCUT2D eigenvalue weighted by Gasteiger charge is -2.40. The van der Waals surface area contributed by atoms with E-state index in [2.05, 4.69) is 15.2 Å². The van der Waals surface area contributed by atoms with E-state index in [1.54, 1.807) is 43.4 Å². The monoisotopic (exact) mass is 588 g/mol. The first-order valence-corrected chi connectivity index (χ1v) is 13.2. The van der Waals surface area contributed by atoms with Gasteiger partial charge < -0.3 is 25.4 Å². The molecule has 0 spiro atoms. The number of ether oxygens (including phenoxy) is 1. The molecule has 3 N–H and O–H groups in total. The van der Waals surface area contributed by atoms with Crippen LogP contribution in [0.3, 0.4) is 0 Å². The van der Waals surface area contributed by atoms with E-state index in [0.717, 1.165) is 12.8 Å². The number of alkyl halides is 3. The van der Waals surface area contributed by atoms with Crippen LogP contribution in [0.5, 0.6) is 5.75 Å². The number of hydrogen-bond acceptors (Lipinski definition) is 6. The highest BCUT2D eigenvalue weighted by molar-refractivity contribution is 6.35. The molecule has 212 valence electrons. The van der Waals surface area contributed by atoms with Gasteiger partial charge in [-0.2, -0.15) is 13.2 Å². The molecule has 2 aliphatic heterocycles. The summed E-state index contributed by atoms with van der Waals surface area (Å²) in [6.07, 6.45) is -0.400. The van der Waals surface area contributed by atoms with Crippen molar-refractivity contribution < 1.29 is 32.6 Å². The van der Waals surface area contributed by atoms with Crippen molar-refractivity contribution in [1.82, 2.24) is 15.6 Å². The largest absolute Gasteiger partial charge is 0.476 e. The van der Waals surface area contributed by atoms with E-state index in [-0.39, 0.29) is 29.6 Å². The Bertz CT molecular complexity index is 1200. The van der Waals surface area contributed by atoms with Crippen molar-refractivity contribution >= 4 is 40.8 Å². The number of nitrogens with one attached hydrogen (secondary N) is 2. The van der Waals surface area contributed by atoms with Crippen molar-refractivity contribution in [2.45, 2.75) is 75.5 Å². The summed E-state index contributed by atoms with van der Waals surface area (Å²) >= 11 is 12.1. The third-order valence-corrected chi connectivity index (χ3v) is 7.56. The first-order valence-electron chi connectivity index (χ1n) is 12.5. The summed E-state index contributed by atoms with van der Waals surface area (Å²) in [6, 6.07) is 5.56. The van der Waals surface area contributed by atoms with Gasteiger partial charge >= 0.3 is 6.18 Å². The van der Waals surface area contributed by atoms with Crippen LogP contribution in [0.2, 0.25) is 10.0 Å². The average molecular weight is 589 g/mol. The highest BCUT2D eigenvalue weighted by Crippen LogP contribution is 2.39. The molecule has 13 heteroatoms. The quantitative estimate of drug-likeness (QED) is 0.419. The molecule has 8 nitrogen and oxygen atoms in total. The highest BCUT2D eigenvalue weighted by atomic mass is 35.5. The maximum absolute atomic E-state index is 13.1. The number of carbonyl (C=O) groups excluding carboxylic acids is 2. The minimum Gasteiger partial charge on any atom is -0.476 e. The lowest BCUT2D eigenvalue weighted by Crippen LogP contribution is -2.55. The van der Waals surface area contributed by atoms with Crippen molar-refractivity contribution in [2.75, 3.05) is 11.5 Å². The summed E-state index contributed by atoms with van der Waals surface area (Å²) in [7, 11) is 0. The first-order chi connectivity index (χ1) is 18.3. The molecule has 3 heterocycles. The lowest BCUT2D eigenvalue weighted by molar-refractivity contribution is -0.161. The number of hydrogen-bond donors (Lipinski definition) is 3. The Morgan fingerprint density at radius 2 is 1.82 bits per heavy atom. The average Bonchev–Trinajstić information content (AvgIpc) is 3.13. The van der Waals surface area contributed by atoms with Crippen molar-refractivity contribution in [3.8, 4) is 5.75 Å². The van der Waals surface area contributed by atoms with Gasteiger partial charge in [0, 0.05) is 29.3 Å². The van der Waals surface area contributed by atoms with E-state index < -0.39 is 30.3 Å². The van der Waals surface area contributed by atoms with Gasteiger partial charge in [-0.1, -0.05) is 23.2 Å². The number of aliphatic hydroxyl groups excluding tert-OH is 1. The van der Waals surface area contributed by atoms with Crippen LogP contribution in [0.25, 0.3) is 0 Å². The summed E-state index contributed by atoms with van der Waals surface area (Å²) in [5.74, 6) is -0.288. The van der Waals surface area contributed by atoms with E-state index in [9.17, 15) is 22.8 Å². The fourth-order valence-corrected chi connectivity index (χ4v) is 5.50. The van der Waals surface area contributed by atoms with Crippen LogP contribution in [-0.4, -0.2) is 64.5 Å². The molecule has 2 bridgehead atoms. The van der Waals surface area contributed by atoms with Crippen molar-refractivity contribution in [2.24, 2.45) is 0 Å². The lowest BCUT2D eigenvalue weighted by atomic mass is 9.96. The maximum atomic E-state index is 13.1. The van der Waals surface area contributed by atoms with Gasteiger partial charge in [0.05, 0.1) is 17.2 Å². The maximum Gasteiger partial charge on any atom is 0.410 e. The number of amides is 2. The summed E-state index contributed by atoms with van der Waals surface area (Å²) < 4.78 is 44.5. The molecule has 0 radical (unpaired) electrons. The number of piperidine rings is 1. The van der Waals surface area contributed by atoms with Crippen LogP contribution in [0.1, 0.15) is 49.9 Å². The molecule has 0 saturated carbocycles. The number of nitrogens with zero attached hydrogens (tertiary/aromatic N) is 2. The molecule has 0 aliphatic carbocycles. The van der Waals surface area contributed by atoms with Gasteiger partial charge in [-0.15, -0.1) is 0 Å². The zero-order valence-electron chi connectivity index (χ0n) is 21.3. The van der Waals surface area contributed by atoms with Gasteiger partial charge in [0.2, 0.25) is 0 Å². The zero-order chi connectivity index (χ0) is 28.5. The predicted molar refractivity (Wildman–Crippen MR) is 140 cm³/mol. The van der Waals surface area contributed by atoms with Crippen molar-refractivity contribution in [3.05, 3.63) is 52.1 Å². The van der Waals surface area contributed by atoms with Gasteiger partial charge in [-0.05, 0) is 69.9 Å². The number of pyridine rings is 1. The molecule has 2 fully saturated rings. The van der Waals surface area contributed by atoms with Crippen LogP contribution in [0.15, 0.2) is 36.5 Å².